The first-order chi connectivity index (χ1) is 14.6. The van der Waals surface area contributed by atoms with Crippen LogP contribution >= 0.6 is 11.8 Å². The second kappa shape index (κ2) is 9.38. The van der Waals surface area contributed by atoms with Crippen LogP contribution in [0.25, 0.3) is 0 Å². The van der Waals surface area contributed by atoms with E-state index in [0.717, 1.165) is 48.5 Å². The van der Waals surface area contributed by atoms with Crippen LogP contribution in [0.5, 0.6) is 0 Å². The van der Waals surface area contributed by atoms with E-state index in [1.807, 2.05) is 28.8 Å². The molecule has 3 heterocycles. The Labute approximate surface area is 180 Å². The molecule has 3 aromatic rings. The molecule has 1 aliphatic heterocycles. The average Bonchev–Trinajstić information content (AvgIpc) is 3.50. The summed E-state index contributed by atoms with van der Waals surface area (Å²) in [6.45, 7) is 6.81. The molecule has 7 nitrogen and oxygen atoms in total. The molecule has 0 bridgehead atoms. The fraction of sp³-hybridized carbons (Fsp3) is 0.409. The van der Waals surface area contributed by atoms with E-state index in [2.05, 4.69) is 46.4 Å². The number of anilines is 2. The number of nitrogens with zero attached hydrogens (tertiary/aromatic N) is 4. The molecule has 158 valence electrons. The number of furan rings is 1. The molecule has 1 N–H and O–H groups in total. The minimum Gasteiger partial charge on any atom is -0.467 e. The highest BCUT2D eigenvalue weighted by atomic mass is 32.2. The third-order valence-corrected chi connectivity index (χ3v) is 6.14. The molecule has 0 aliphatic carbocycles. The lowest BCUT2D eigenvalue weighted by Crippen LogP contribution is -2.22. The first-order valence-electron chi connectivity index (χ1n) is 10.3. The van der Waals surface area contributed by atoms with Gasteiger partial charge in [0.15, 0.2) is 5.16 Å². The summed E-state index contributed by atoms with van der Waals surface area (Å²) in [5, 5.41) is 12.5. The van der Waals surface area contributed by atoms with Gasteiger partial charge in [-0.15, -0.1) is 10.2 Å². The summed E-state index contributed by atoms with van der Waals surface area (Å²) in [5.74, 6) is 2.36. The van der Waals surface area contributed by atoms with Crippen molar-refractivity contribution in [3.05, 3.63) is 54.0 Å². The highest BCUT2D eigenvalue weighted by molar-refractivity contribution is 7.99. The molecule has 30 heavy (non-hydrogen) atoms. The van der Waals surface area contributed by atoms with E-state index in [9.17, 15) is 4.79 Å². The van der Waals surface area contributed by atoms with Crippen molar-refractivity contribution in [3.8, 4) is 0 Å². The van der Waals surface area contributed by atoms with Crippen molar-refractivity contribution in [1.82, 2.24) is 14.8 Å². The van der Waals surface area contributed by atoms with Gasteiger partial charge in [0, 0.05) is 18.8 Å². The van der Waals surface area contributed by atoms with E-state index in [4.69, 9.17) is 4.42 Å². The highest BCUT2D eigenvalue weighted by Crippen LogP contribution is 2.26. The van der Waals surface area contributed by atoms with E-state index < -0.39 is 0 Å². The smallest absolute Gasteiger partial charge is 0.234 e. The Balaban J connectivity index is 1.42. The molecular formula is C22H27N5O2S. The monoisotopic (exact) mass is 425 g/mol. The van der Waals surface area contributed by atoms with Crippen LogP contribution in [0.15, 0.2) is 52.2 Å². The molecule has 0 unspecified atom stereocenters. The average molecular weight is 426 g/mol. The number of rotatable bonds is 8. The molecule has 0 saturated carbocycles. The molecule has 1 aromatic carbocycles. The van der Waals surface area contributed by atoms with E-state index in [1.165, 1.54) is 17.3 Å². The molecule has 0 atom stereocenters. The molecule has 1 amide bonds. The molecule has 2 aromatic heterocycles. The van der Waals surface area contributed by atoms with Gasteiger partial charge in [0.25, 0.3) is 0 Å². The van der Waals surface area contributed by atoms with Crippen molar-refractivity contribution in [1.29, 1.82) is 0 Å². The van der Waals surface area contributed by atoms with Crippen LogP contribution in [0.2, 0.25) is 0 Å². The quantitative estimate of drug-likeness (QED) is 0.540. The second-order valence-corrected chi connectivity index (χ2v) is 8.70. The van der Waals surface area contributed by atoms with Gasteiger partial charge in [-0.1, -0.05) is 37.7 Å². The Morgan fingerprint density at radius 2 is 1.93 bits per heavy atom. The number of nitrogens with one attached hydrogen (secondary N) is 1. The summed E-state index contributed by atoms with van der Waals surface area (Å²) in [4.78, 5) is 14.7. The molecular weight excluding hydrogens is 398 g/mol. The molecule has 0 spiro atoms. The van der Waals surface area contributed by atoms with E-state index in [-0.39, 0.29) is 11.7 Å². The molecule has 0 radical (unpaired) electrons. The summed E-state index contributed by atoms with van der Waals surface area (Å²) >= 11 is 1.39. The number of amides is 1. The molecule has 4 rings (SSSR count). The van der Waals surface area contributed by atoms with Gasteiger partial charge in [-0.25, -0.2) is 0 Å². The SMILES string of the molecule is CC(C)c1ccc(NC(=O)CSc2nnc(N3CCCC3)n2Cc2ccco2)cc1. The van der Waals surface area contributed by atoms with Gasteiger partial charge in [-0.2, -0.15) is 0 Å². The van der Waals surface area contributed by atoms with Gasteiger partial charge in [-0.05, 0) is 48.6 Å². The molecule has 1 saturated heterocycles. The number of hydrogen-bond acceptors (Lipinski definition) is 6. The summed E-state index contributed by atoms with van der Waals surface area (Å²) in [7, 11) is 0. The fourth-order valence-corrected chi connectivity index (χ4v) is 4.25. The number of aromatic nitrogens is 3. The number of carbonyl (C=O) groups excluding carboxylic acids is 1. The van der Waals surface area contributed by atoms with E-state index in [0.29, 0.717) is 12.5 Å². The Bertz CT molecular complexity index is 960. The number of hydrogen-bond donors (Lipinski definition) is 1. The Kier molecular flexibility index (Phi) is 6.42. The van der Waals surface area contributed by atoms with Crippen molar-refractivity contribution in [3.63, 3.8) is 0 Å². The number of thioether (sulfide) groups is 1. The Hall–Kier alpha value is -2.74. The van der Waals surface area contributed by atoms with Crippen molar-refractivity contribution in [2.45, 2.75) is 44.3 Å². The lowest BCUT2D eigenvalue weighted by molar-refractivity contribution is -0.113. The van der Waals surface area contributed by atoms with Crippen LogP contribution in [0.1, 0.15) is 43.9 Å². The maximum absolute atomic E-state index is 12.5. The largest absolute Gasteiger partial charge is 0.467 e. The summed E-state index contributed by atoms with van der Waals surface area (Å²) < 4.78 is 7.57. The lowest BCUT2D eigenvalue weighted by Gasteiger charge is -2.17. The number of carbonyl (C=O) groups is 1. The zero-order chi connectivity index (χ0) is 20.9. The van der Waals surface area contributed by atoms with Crippen LogP contribution in [0.4, 0.5) is 11.6 Å². The predicted molar refractivity (Wildman–Crippen MR) is 119 cm³/mol. The van der Waals surface area contributed by atoms with Crippen molar-refractivity contribution >= 4 is 29.3 Å². The van der Waals surface area contributed by atoms with Crippen molar-refractivity contribution in [2.24, 2.45) is 0 Å². The van der Waals surface area contributed by atoms with Crippen LogP contribution in [-0.2, 0) is 11.3 Å². The normalized spacial score (nSPS) is 13.9. The van der Waals surface area contributed by atoms with Gasteiger partial charge >= 0.3 is 0 Å². The van der Waals surface area contributed by atoms with Crippen LogP contribution < -0.4 is 10.2 Å². The van der Waals surface area contributed by atoms with Gasteiger partial charge in [0.2, 0.25) is 11.9 Å². The fourth-order valence-electron chi connectivity index (χ4n) is 3.51. The lowest BCUT2D eigenvalue weighted by atomic mass is 10.0. The van der Waals surface area contributed by atoms with Gasteiger partial charge < -0.3 is 14.6 Å². The second-order valence-electron chi connectivity index (χ2n) is 7.76. The van der Waals surface area contributed by atoms with E-state index in [1.54, 1.807) is 6.26 Å². The van der Waals surface area contributed by atoms with Gasteiger partial charge in [0.1, 0.15) is 5.76 Å². The summed E-state index contributed by atoms with van der Waals surface area (Å²) in [5.41, 5.74) is 2.06. The third kappa shape index (κ3) is 4.87. The van der Waals surface area contributed by atoms with E-state index >= 15 is 0 Å². The first-order valence-corrected chi connectivity index (χ1v) is 11.3. The van der Waals surface area contributed by atoms with Crippen molar-refractivity contribution < 1.29 is 9.21 Å². The Morgan fingerprint density at radius 3 is 2.60 bits per heavy atom. The Morgan fingerprint density at radius 1 is 1.17 bits per heavy atom. The maximum Gasteiger partial charge on any atom is 0.234 e. The van der Waals surface area contributed by atoms with Crippen LogP contribution in [0.3, 0.4) is 0 Å². The molecule has 8 heteroatoms. The topological polar surface area (TPSA) is 76.2 Å². The van der Waals surface area contributed by atoms with Gasteiger partial charge in [0.05, 0.1) is 18.6 Å². The van der Waals surface area contributed by atoms with Crippen LogP contribution in [-0.4, -0.2) is 39.5 Å². The van der Waals surface area contributed by atoms with Crippen LogP contribution in [0, 0.1) is 0 Å². The van der Waals surface area contributed by atoms with Crippen molar-refractivity contribution in [2.75, 3.05) is 29.1 Å². The zero-order valence-electron chi connectivity index (χ0n) is 17.4. The van der Waals surface area contributed by atoms with Gasteiger partial charge in [-0.3, -0.25) is 9.36 Å². The minimum absolute atomic E-state index is 0.0624. The molecule has 1 aliphatic rings. The zero-order valence-corrected chi connectivity index (χ0v) is 18.2. The number of benzene rings is 1. The molecule has 1 fully saturated rings. The first kappa shape index (κ1) is 20.5. The standard InChI is InChI=1S/C22H27N5O2S/c1-16(2)17-7-9-18(10-8-17)23-20(28)15-30-22-25-24-21(26-11-3-4-12-26)27(22)14-19-6-5-13-29-19/h5-10,13,16H,3-4,11-12,14-15H2,1-2H3,(H,23,28). The highest BCUT2D eigenvalue weighted by Gasteiger charge is 2.22. The summed E-state index contributed by atoms with van der Waals surface area (Å²) in [6.07, 6.45) is 3.99. The maximum atomic E-state index is 12.5. The third-order valence-electron chi connectivity index (χ3n) is 5.17. The predicted octanol–water partition coefficient (Wildman–Crippen LogP) is 4.37. The summed E-state index contributed by atoms with van der Waals surface area (Å²) in [6, 6.07) is 11.8. The minimum atomic E-state index is -0.0624.